The van der Waals surface area contributed by atoms with E-state index < -0.39 is 0 Å². The first-order valence-corrected chi connectivity index (χ1v) is 9.67. The molecule has 1 aromatic heterocycles. The molecule has 0 amide bonds. The Hall–Kier alpha value is -1.67. The van der Waals surface area contributed by atoms with Crippen LogP contribution in [0.1, 0.15) is 37.8 Å². The molecule has 0 radical (unpaired) electrons. The van der Waals surface area contributed by atoms with E-state index in [2.05, 4.69) is 20.4 Å². The molecule has 2 aliphatic rings. The number of hydrogen-bond acceptors (Lipinski definition) is 5. The third kappa shape index (κ3) is 4.54. The molecule has 1 aromatic rings. The zero-order valence-corrected chi connectivity index (χ0v) is 16.3. The van der Waals surface area contributed by atoms with Crippen LogP contribution in [0.5, 0.6) is 0 Å². The lowest BCUT2D eigenvalue weighted by molar-refractivity contribution is 0.145. The zero-order chi connectivity index (χ0) is 18.4. The molecule has 0 aromatic carbocycles. The van der Waals surface area contributed by atoms with E-state index in [4.69, 9.17) is 14.5 Å². The second-order valence-electron chi connectivity index (χ2n) is 7.31. The van der Waals surface area contributed by atoms with E-state index in [1.54, 1.807) is 0 Å². The standard InChI is InChI=1S/C18H32N6O2/c1-4-25-10-5-8-19-17(20-12-16-22-21-15(2)23(16)3)24-9-6-18(13-24)7-11-26-14-18/h4-14H2,1-3H3,(H,19,20). The minimum absolute atomic E-state index is 0.315. The average Bonchev–Trinajstić information content (AvgIpc) is 3.35. The van der Waals surface area contributed by atoms with Gasteiger partial charge in [-0.2, -0.15) is 0 Å². The van der Waals surface area contributed by atoms with E-state index in [-0.39, 0.29) is 0 Å². The maximum atomic E-state index is 5.66. The summed E-state index contributed by atoms with van der Waals surface area (Å²) in [7, 11) is 1.98. The van der Waals surface area contributed by atoms with Crippen molar-refractivity contribution >= 4 is 5.96 Å². The van der Waals surface area contributed by atoms with E-state index in [0.717, 1.165) is 76.5 Å². The molecule has 8 heteroatoms. The summed E-state index contributed by atoms with van der Waals surface area (Å²) in [5, 5.41) is 11.9. The SMILES string of the molecule is CCOCCCNC(=NCc1nnc(C)n1C)N1CCC2(CCOC2)C1. The van der Waals surface area contributed by atoms with Gasteiger partial charge >= 0.3 is 0 Å². The molecule has 2 fully saturated rings. The number of aromatic nitrogens is 3. The number of aliphatic imine (C=N–C) groups is 1. The summed E-state index contributed by atoms with van der Waals surface area (Å²) in [5.41, 5.74) is 0.315. The fourth-order valence-corrected chi connectivity index (χ4v) is 3.61. The fourth-order valence-electron chi connectivity index (χ4n) is 3.61. The topological polar surface area (TPSA) is 76.8 Å². The number of likely N-dealkylation sites (tertiary alicyclic amines) is 1. The minimum atomic E-state index is 0.315. The molecular weight excluding hydrogens is 332 g/mol. The lowest BCUT2D eigenvalue weighted by Crippen LogP contribution is -2.42. The van der Waals surface area contributed by atoms with Gasteiger partial charge in [0.1, 0.15) is 12.4 Å². The van der Waals surface area contributed by atoms with Gasteiger partial charge < -0.3 is 24.3 Å². The molecule has 0 bridgehead atoms. The van der Waals surface area contributed by atoms with Gasteiger partial charge in [0.15, 0.2) is 11.8 Å². The van der Waals surface area contributed by atoms with Gasteiger partial charge in [-0.05, 0) is 33.1 Å². The van der Waals surface area contributed by atoms with Crippen LogP contribution in [0, 0.1) is 12.3 Å². The number of aryl methyl sites for hydroxylation is 1. The van der Waals surface area contributed by atoms with Gasteiger partial charge in [-0.25, -0.2) is 4.99 Å². The van der Waals surface area contributed by atoms with Crippen molar-refractivity contribution in [1.82, 2.24) is 25.0 Å². The monoisotopic (exact) mass is 364 g/mol. The number of guanidine groups is 1. The van der Waals surface area contributed by atoms with Crippen LogP contribution < -0.4 is 5.32 Å². The first kappa shape index (κ1) is 19.1. The molecule has 3 heterocycles. The highest BCUT2D eigenvalue weighted by atomic mass is 16.5. The number of ether oxygens (including phenoxy) is 2. The Balaban J connectivity index is 1.63. The van der Waals surface area contributed by atoms with Crippen LogP contribution in [0.4, 0.5) is 0 Å². The normalized spacial score (nSPS) is 23.3. The van der Waals surface area contributed by atoms with Gasteiger partial charge in [0.2, 0.25) is 0 Å². The smallest absolute Gasteiger partial charge is 0.194 e. The Morgan fingerprint density at radius 3 is 2.96 bits per heavy atom. The van der Waals surface area contributed by atoms with Crippen LogP contribution in [0.15, 0.2) is 4.99 Å². The Kier molecular flexibility index (Phi) is 6.48. The van der Waals surface area contributed by atoms with Gasteiger partial charge in [-0.3, -0.25) is 0 Å². The fraction of sp³-hybridized carbons (Fsp3) is 0.833. The third-order valence-electron chi connectivity index (χ3n) is 5.43. The second kappa shape index (κ2) is 8.81. The Morgan fingerprint density at radius 1 is 1.38 bits per heavy atom. The van der Waals surface area contributed by atoms with Gasteiger partial charge in [0, 0.05) is 51.9 Å². The maximum Gasteiger partial charge on any atom is 0.194 e. The highest BCUT2D eigenvalue weighted by molar-refractivity contribution is 5.80. The Labute approximate surface area is 156 Å². The molecule has 1 atom stereocenters. The number of nitrogens with one attached hydrogen (secondary N) is 1. The van der Waals surface area contributed by atoms with E-state index >= 15 is 0 Å². The van der Waals surface area contributed by atoms with Gasteiger partial charge in [-0.15, -0.1) is 10.2 Å². The van der Waals surface area contributed by atoms with Crippen LogP contribution in [0.25, 0.3) is 0 Å². The summed E-state index contributed by atoms with van der Waals surface area (Å²) >= 11 is 0. The molecule has 0 saturated carbocycles. The van der Waals surface area contributed by atoms with Crippen molar-refractivity contribution in [1.29, 1.82) is 0 Å². The minimum Gasteiger partial charge on any atom is -0.382 e. The second-order valence-corrected chi connectivity index (χ2v) is 7.31. The van der Waals surface area contributed by atoms with Gasteiger partial charge in [0.25, 0.3) is 0 Å². The molecule has 0 aliphatic carbocycles. The molecular formula is C18H32N6O2. The van der Waals surface area contributed by atoms with Crippen molar-refractivity contribution in [3.63, 3.8) is 0 Å². The average molecular weight is 364 g/mol. The largest absolute Gasteiger partial charge is 0.382 e. The molecule has 2 saturated heterocycles. The molecule has 8 nitrogen and oxygen atoms in total. The molecule has 1 spiro atoms. The number of hydrogen-bond donors (Lipinski definition) is 1. The van der Waals surface area contributed by atoms with Crippen LogP contribution in [-0.2, 0) is 23.1 Å². The highest BCUT2D eigenvalue weighted by Gasteiger charge is 2.42. The van der Waals surface area contributed by atoms with Gasteiger partial charge in [-0.1, -0.05) is 0 Å². The van der Waals surface area contributed by atoms with Crippen molar-refractivity contribution in [2.24, 2.45) is 17.5 Å². The summed E-state index contributed by atoms with van der Waals surface area (Å²) in [6, 6.07) is 0. The van der Waals surface area contributed by atoms with Crippen molar-refractivity contribution < 1.29 is 9.47 Å². The number of rotatable bonds is 7. The third-order valence-corrected chi connectivity index (χ3v) is 5.43. The summed E-state index contributed by atoms with van der Waals surface area (Å²) in [6.45, 7) is 10.7. The lowest BCUT2D eigenvalue weighted by atomic mass is 9.87. The van der Waals surface area contributed by atoms with Crippen LogP contribution in [0.2, 0.25) is 0 Å². The summed E-state index contributed by atoms with van der Waals surface area (Å²) in [5.74, 6) is 2.75. The quantitative estimate of drug-likeness (QED) is 0.444. The van der Waals surface area contributed by atoms with E-state index in [1.807, 2.05) is 25.5 Å². The van der Waals surface area contributed by atoms with Crippen LogP contribution in [-0.4, -0.2) is 71.7 Å². The molecule has 3 rings (SSSR count). The van der Waals surface area contributed by atoms with E-state index in [1.165, 1.54) is 6.42 Å². The van der Waals surface area contributed by atoms with E-state index in [9.17, 15) is 0 Å². The van der Waals surface area contributed by atoms with Crippen molar-refractivity contribution in [3.8, 4) is 0 Å². The molecule has 1 N–H and O–H groups in total. The highest BCUT2D eigenvalue weighted by Crippen LogP contribution is 2.38. The first-order valence-electron chi connectivity index (χ1n) is 9.67. The van der Waals surface area contributed by atoms with Crippen LogP contribution in [0.3, 0.4) is 0 Å². The van der Waals surface area contributed by atoms with Crippen LogP contribution >= 0.6 is 0 Å². The Bertz CT molecular complexity index is 609. The predicted molar refractivity (Wildman–Crippen MR) is 100 cm³/mol. The van der Waals surface area contributed by atoms with Crippen molar-refractivity contribution in [3.05, 3.63) is 11.6 Å². The molecule has 1 unspecified atom stereocenters. The van der Waals surface area contributed by atoms with Crippen molar-refractivity contribution in [2.75, 3.05) is 46.1 Å². The molecule has 26 heavy (non-hydrogen) atoms. The summed E-state index contributed by atoms with van der Waals surface area (Å²) in [6.07, 6.45) is 3.30. The summed E-state index contributed by atoms with van der Waals surface area (Å²) < 4.78 is 13.1. The molecule has 2 aliphatic heterocycles. The maximum absolute atomic E-state index is 5.66. The predicted octanol–water partition coefficient (Wildman–Crippen LogP) is 1.11. The summed E-state index contributed by atoms with van der Waals surface area (Å²) in [4.78, 5) is 7.22. The van der Waals surface area contributed by atoms with Crippen molar-refractivity contribution in [2.45, 2.75) is 39.7 Å². The zero-order valence-electron chi connectivity index (χ0n) is 16.3. The Morgan fingerprint density at radius 2 is 2.27 bits per heavy atom. The van der Waals surface area contributed by atoms with E-state index in [0.29, 0.717) is 12.0 Å². The van der Waals surface area contributed by atoms with Gasteiger partial charge in [0.05, 0.1) is 6.61 Å². The first-order chi connectivity index (χ1) is 12.6. The lowest BCUT2D eigenvalue weighted by Gasteiger charge is -2.25. The molecule has 146 valence electrons. The number of nitrogens with zero attached hydrogens (tertiary/aromatic N) is 5.